The first-order chi connectivity index (χ1) is 9.28. The molecule has 2 rings (SSSR count). The third-order valence-electron chi connectivity index (χ3n) is 3.58. The Kier molecular flexibility index (Phi) is 5.67. The lowest BCUT2D eigenvalue weighted by Crippen LogP contribution is -2.37. The second kappa shape index (κ2) is 7.51. The lowest BCUT2D eigenvalue weighted by atomic mass is 10.1. The second-order valence-electron chi connectivity index (χ2n) is 5.49. The standard InChI is InChI=1S/C16H26N2O/c1-13(12-18-15-7-8-15)17-11-3-4-14-5-9-16(19-2)10-6-14/h5-6,9-10,13,15,17-18H,3-4,7-8,11-12H2,1-2H3. The predicted octanol–water partition coefficient (Wildman–Crippen LogP) is 2.36. The van der Waals surface area contributed by atoms with Crippen LogP contribution in [0.15, 0.2) is 24.3 Å². The van der Waals surface area contributed by atoms with Gasteiger partial charge in [0.1, 0.15) is 5.75 Å². The molecule has 3 nitrogen and oxygen atoms in total. The van der Waals surface area contributed by atoms with E-state index in [1.165, 1.54) is 24.8 Å². The van der Waals surface area contributed by atoms with Crippen LogP contribution in [0.3, 0.4) is 0 Å². The normalized spacial score (nSPS) is 16.3. The highest BCUT2D eigenvalue weighted by atomic mass is 16.5. The summed E-state index contributed by atoms with van der Waals surface area (Å²) in [4.78, 5) is 0. The molecule has 1 saturated carbocycles. The van der Waals surface area contributed by atoms with Gasteiger partial charge in [-0.15, -0.1) is 0 Å². The van der Waals surface area contributed by atoms with E-state index in [-0.39, 0.29) is 0 Å². The van der Waals surface area contributed by atoms with Gasteiger partial charge in [0.2, 0.25) is 0 Å². The van der Waals surface area contributed by atoms with Crippen molar-refractivity contribution in [2.45, 2.75) is 44.7 Å². The van der Waals surface area contributed by atoms with E-state index in [2.05, 4.69) is 29.7 Å². The van der Waals surface area contributed by atoms with Crippen LogP contribution < -0.4 is 15.4 Å². The molecule has 3 heteroatoms. The number of hydrogen-bond acceptors (Lipinski definition) is 3. The molecule has 0 spiro atoms. The van der Waals surface area contributed by atoms with Crippen LogP contribution in [-0.2, 0) is 6.42 Å². The van der Waals surface area contributed by atoms with E-state index >= 15 is 0 Å². The van der Waals surface area contributed by atoms with Gasteiger partial charge in [0.05, 0.1) is 7.11 Å². The Labute approximate surface area is 116 Å². The number of ether oxygens (including phenoxy) is 1. The lowest BCUT2D eigenvalue weighted by molar-refractivity contribution is 0.414. The van der Waals surface area contributed by atoms with Gasteiger partial charge in [0.15, 0.2) is 0 Å². The van der Waals surface area contributed by atoms with Crippen LogP contribution in [0.5, 0.6) is 5.75 Å². The molecule has 1 unspecified atom stereocenters. The first-order valence-corrected chi connectivity index (χ1v) is 7.37. The summed E-state index contributed by atoms with van der Waals surface area (Å²) >= 11 is 0. The molecule has 1 atom stereocenters. The fourth-order valence-corrected chi connectivity index (χ4v) is 2.14. The summed E-state index contributed by atoms with van der Waals surface area (Å²) in [6.45, 7) is 4.43. The Bertz CT molecular complexity index is 360. The van der Waals surface area contributed by atoms with Crippen molar-refractivity contribution in [1.29, 1.82) is 0 Å². The van der Waals surface area contributed by atoms with Crippen molar-refractivity contribution in [2.24, 2.45) is 0 Å². The minimum Gasteiger partial charge on any atom is -0.497 e. The summed E-state index contributed by atoms with van der Waals surface area (Å²) < 4.78 is 5.16. The average molecular weight is 262 g/mol. The van der Waals surface area contributed by atoms with Gasteiger partial charge in [-0.2, -0.15) is 0 Å². The van der Waals surface area contributed by atoms with Crippen molar-refractivity contribution < 1.29 is 4.74 Å². The first-order valence-electron chi connectivity index (χ1n) is 7.37. The average Bonchev–Trinajstić information content (AvgIpc) is 3.26. The SMILES string of the molecule is COc1ccc(CCCNC(C)CNC2CC2)cc1. The summed E-state index contributed by atoms with van der Waals surface area (Å²) in [5.74, 6) is 0.932. The van der Waals surface area contributed by atoms with Crippen molar-refractivity contribution in [1.82, 2.24) is 10.6 Å². The molecule has 2 N–H and O–H groups in total. The van der Waals surface area contributed by atoms with Gasteiger partial charge in [-0.3, -0.25) is 0 Å². The van der Waals surface area contributed by atoms with Crippen LogP contribution in [0, 0.1) is 0 Å². The van der Waals surface area contributed by atoms with Crippen molar-refractivity contribution in [3.05, 3.63) is 29.8 Å². The topological polar surface area (TPSA) is 33.3 Å². The molecule has 0 aliphatic heterocycles. The zero-order valence-corrected chi connectivity index (χ0v) is 12.1. The smallest absolute Gasteiger partial charge is 0.118 e. The quantitative estimate of drug-likeness (QED) is 0.670. The largest absolute Gasteiger partial charge is 0.497 e. The summed E-state index contributed by atoms with van der Waals surface area (Å²) in [5.41, 5.74) is 1.38. The molecule has 1 aromatic rings. The molecule has 1 aromatic carbocycles. The highest BCUT2D eigenvalue weighted by Gasteiger charge is 2.20. The Balaban J connectivity index is 1.54. The van der Waals surface area contributed by atoms with Gasteiger partial charge in [-0.1, -0.05) is 12.1 Å². The molecule has 0 saturated heterocycles. The number of rotatable bonds is 9. The fraction of sp³-hybridized carbons (Fsp3) is 0.625. The van der Waals surface area contributed by atoms with Gasteiger partial charge < -0.3 is 15.4 Å². The van der Waals surface area contributed by atoms with Crippen LogP contribution in [-0.4, -0.2) is 32.3 Å². The van der Waals surface area contributed by atoms with E-state index in [9.17, 15) is 0 Å². The van der Waals surface area contributed by atoms with Crippen LogP contribution in [0.2, 0.25) is 0 Å². The number of benzene rings is 1. The Morgan fingerprint density at radius 2 is 2.00 bits per heavy atom. The highest BCUT2D eigenvalue weighted by Crippen LogP contribution is 2.18. The molecular weight excluding hydrogens is 236 g/mol. The van der Waals surface area contributed by atoms with Crippen molar-refractivity contribution in [3.8, 4) is 5.75 Å². The molecule has 0 amide bonds. The van der Waals surface area contributed by atoms with Crippen LogP contribution >= 0.6 is 0 Å². The molecular formula is C16H26N2O. The van der Waals surface area contributed by atoms with Gasteiger partial charge in [0, 0.05) is 18.6 Å². The van der Waals surface area contributed by atoms with Gasteiger partial charge in [0.25, 0.3) is 0 Å². The monoisotopic (exact) mass is 262 g/mol. The maximum absolute atomic E-state index is 5.16. The molecule has 1 aliphatic rings. The van der Waals surface area contributed by atoms with E-state index < -0.39 is 0 Å². The van der Waals surface area contributed by atoms with E-state index in [4.69, 9.17) is 4.74 Å². The molecule has 0 aromatic heterocycles. The zero-order valence-electron chi connectivity index (χ0n) is 12.1. The Morgan fingerprint density at radius 1 is 1.26 bits per heavy atom. The molecule has 19 heavy (non-hydrogen) atoms. The van der Waals surface area contributed by atoms with Crippen molar-refractivity contribution in [3.63, 3.8) is 0 Å². The molecule has 0 heterocycles. The van der Waals surface area contributed by atoms with Gasteiger partial charge in [-0.05, 0) is 56.8 Å². The van der Waals surface area contributed by atoms with E-state index in [0.29, 0.717) is 6.04 Å². The van der Waals surface area contributed by atoms with E-state index in [1.807, 2.05) is 12.1 Å². The van der Waals surface area contributed by atoms with Gasteiger partial charge >= 0.3 is 0 Å². The number of nitrogens with one attached hydrogen (secondary N) is 2. The zero-order chi connectivity index (χ0) is 13.5. The molecule has 106 valence electrons. The minimum absolute atomic E-state index is 0.566. The first kappa shape index (κ1) is 14.4. The fourth-order valence-electron chi connectivity index (χ4n) is 2.14. The highest BCUT2D eigenvalue weighted by molar-refractivity contribution is 5.27. The van der Waals surface area contributed by atoms with Crippen LogP contribution in [0.1, 0.15) is 31.7 Å². The maximum Gasteiger partial charge on any atom is 0.118 e. The summed E-state index contributed by atoms with van der Waals surface area (Å²) in [5, 5.41) is 7.12. The summed E-state index contributed by atoms with van der Waals surface area (Å²) in [6, 6.07) is 9.74. The summed E-state index contributed by atoms with van der Waals surface area (Å²) in [6.07, 6.45) is 5.04. The molecule has 0 radical (unpaired) electrons. The van der Waals surface area contributed by atoms with Crippen LogP contribution in [0.4, 0.5) is 0 Å². The number of methoxy groups -OCH3 is 1. The maximum atomic E-state index is 5.16. The van der Waals surface area contributed by atoms with Crippen molar-refractivity contribution >= 4 is 0 Å². The third-order valence-corrected chi connectivity index (χ3v) is 3.58. The minimum atomic E-state index is 0.566. The second-order valence-corrected chi connectivity index (χ2v) is 5.49. The predicted molar refractivity (Wildman–Crippen MR) is 79.8 cm³/mol. The molecule has 0 bridgehead atoms. The van der Waals surface area contributed by atoms with Crippen molar-refractivity contribution in [2.75, 3.05) is 20.2 Å². The Hall–Kier alpha value is -1.06. The molecule has 1 aliphatic carbocycles. The van der Waals surface area contributed by atoms with E-state index in [0.717, 1.165) is 31.3 Å². The third kappa shape index (κ3) is 5.62. The summed E-state index contributed by atoms with van der Waals surface area (Å²) in [7, 11) is 1.70. The molecule has 1 fully saturated rings. The van der Waals surface area contributed by atoms with Gasteiger partial charge in [-0.25, -0.2) is 0 Å². The Morgan fingerprint density at radius 3 is 2.63 bits per heavy atom. The number of aryl methyl sites for hydroxylation is 1. The lowest BCUT2D eigenvalue weighted by Gasteiger charge is -2.14. The number of hydrogen-bond donors (Lipinski definition) is 2. The van der Waals surface area contributed by atoms with E-state index in [1.54, 1.807) is 7.11 Å². The van der Waals surface area contributed by atoms with Crippen LogP contribution in [0.25, 0.3) is 0 Å².